The second kappa shape index (κ2) is 7.94. The smallest absolute Gasteiger partial charge is 0.320 e. The molecule has 0 spiro atoms. The van der Waals surface area contributed by atoms with Crippen LogP contribution in [-0.2, 0) is 30.4 Å². The van der Waals surface area contributed by atoms with Gasteiger partial charge < -0.3 is 14.2 Å². The fourth-order valence-electron chi connectivity index (χ4n) is 2.48. The minimum atomic E-state index is -0.786. The van der Waals surface area contributed by atoms with Crippen molar-refractivity contribution in [2.45, 2.75) is 45.5 Å². The van der Waals surface area contributed by atoms with Crippen LogP contribution >= 0.6 is 0 Å². The van der Waals surface area contributed by atoms with Crippen LogP contribution in [-0.4, -0.2) is 30.8 Å². The molecule has 0 radical (unpaired) electrons. The molecule has 2 rings (SSSR count). The predicted molar refractivity (Wildman–Crippen MR) is 79.9 cm³/mol. The van der Waals surface area contributed by atoms with E-state index in [1.54, 1.807) is 6.92 Å². The lowest BCUT2D eigenvalue weighted by molar-refractivity contribution is -0.156. The van der Waals surface area contributed by atoms with Crippen LogP contribution in [0.1, 0.15) is 32.3 Å². The maximum Gasteiger partial charge on any atom is 0.320 e. The van der Waals surface area contributed by atoms with Crippen molar-refractivity contribution in [3.63, 3.8) is 0 Å². The van der Waals surface area contributed by atoms with Crippen molar-refractivity contribution in [2.75, 3.05) is 6.61 Å². The van der Waals surface area contributed by atoms with E-state index in [0.29, 0.717) is 19.4 Å². The highest BCUT2D eigenvalue weighted by molar-refractivity contribution is 5.96. The lowest BCUT2D eigenvalue weighted by Gasteiger charge is -2.16. The molecule has 0 saturated carbocycles. The Bertz CT molecular complexity index is 499. The van der Waals surface area contributed by atoms with Gasteiger partial charge in [0, 0.05) is 12.8 Å². The third-order valence-corrected chi connectivity index (χ3v) is 3.61. The Morgan fingerprint density at radius 2 is 2.09 bits per heavy atom. The number of ether oxygens (including phenoxy) is 3. The molecule has 0 aliphatic carbocycles. The number of cyclic esters (lactones) is 1. The summed E-state index contributed by atoms with van der Waals surface area (Å²) >= 11 is 0. The van der Waals surface area contributed by atoms with Gasteiger partial charge in [-0.15, -0.1) is 0 Å². The van der Waals surface area contributed by atoms with Crippen molar-refractivity contribution >= 4 is 11.9 Å². The Hall–Kier alpha value is -1.88. The SMILES string of the molecule is CCOC(=O)C1CC(CC(C)OCc2ccccc2)OC1=O. The van der Waals surface area contributed by atoms with Gasteiger partial charge in [-0.2, -0.15) is 0 Å². The average molecular weight is 306 g/mol. The van der Waals surface area contributed by atoms with Crippen LogP contribution in [0.3, 0.4) is 0 Å². The molecule has 1 aromatic rings. The quantitative estimate of drug-likeness (QED) is 0.572. The van der Waals surface area contributed by atoms with Gasteiger partial charge in [-0.25, -0.2) is 0 Å². The first-order valence-electron chi connectivity index (χ1n) is 7.62. The molecule has 0 amide bonds. The molecule has 1 fully saturated rings. The van der Waals surface area contributed by atoms with E-state index in [2.05, 4.69) is 0 Å². The molecule has 1 aliphatic rings. The van der Waals surface area contributed by atoms with Gasteiger partial charge in [0.1, 0.15) is 6.10 Å². The monoisotopic (exact) mass is 306 g/mol. The first-order valence-corrected chi connectivity index (χ1v) is 7.62. The summed E-state index contributed by atoms with van der Waals surface area (Å²) < 4.78 is 15.9. The Morgan fingerprint density at radius 3 is 2.77 bits per heavy atom. The summed E-state index contributed by atoms with van der Waals surface area (Å²) in [4.78, 5) is 23.3. The van der Waals surface area contributed by atoms with E-state index >= 15 is 0 Å². The summed E-state index contributed by atoms with van der Waals surface area (Å²) in [5.74, 6) is -1.77. The van der Waals surface area contributed by atoms with Gasteiger partial charge in [0.2, 0.25) is 0 Å². The van der Waals surface area contributed by atoms with Crippen LogP contribution in [0.15, 0.2) is 30.3 Å². The zero-order valence-corrected chi connectivity index (χ0v) is 13.0. The minimum Gasteiger partial charge on any atom is -0.465 e. The van der Waals surface area contributed by atoms with Gasteiger partial charge in [0.15, 0.2) is 5.92 Å². The molecule has 3 unspecified atom stereocenters. The number of hydrogen-bond donors (Lipinski definition) is 0. The van der Waals surface area contributed by atoms with Gasteiger partial charge >= 0.3 is 11.9 Å². The van der Waals surface area contributed by atoms with Gasteiger partial charge in [-0.1, -0.05) is 30.3 Å². The van der Waals surface area contributed by atoms with E-state index in [0.717, 1.165) is 5.56 Å². The number of esters is 2. The van der Waals surface area contributed by atoms with Crippen LogP contribution in [0, 0.1) is 5.92 Å². The van der Waals surface area contributed by atoms with E-state index in [1.165, 1.54) is 0 Å². The van der Waals surface area contributed by atoms with Crippen molar-refractivity contribution in [1.29, 1.82) is 0 Å². The van der Waals surface area contributed by atoms with E-state index < -0.39 is 17.9 Å². The van der Waals surface area contributed by atoms with Crippen LogP contribution in [0.4, 0.5) is 0 Å². The molecule has 120 valence electrons. The molecule has 0 N–H and O–H groups in total. The largest absolute Gasteiger partial charge is 0.465 e. The van der Waals surface area contributed by atoms with Crippen molar-refractivity contribution in [3.05, 3.63) is 35.9 Å². The first kappa shape index (κ1) is 16.5. The molecule has 1 saturated heterocycles. The summed E-state index contributed by atoms with van der Waals surface area (Å²) in [5, 5.41) is 0. The third-order valence-electron chi connectivity index (χ3n) is 3.61. The van der Waals surface area contributed by atoms with Crippen LogP contribution in [0.5, 0.6) is 0 Å². The second-order valence-corrected chi connectivity index (χ2v) is 5.44. The predicted octanol–water partition coefficient (Wildman–Crippen LogP) is 2.48. The lowest BCUT2D eigenvalue weighted by atomic mass is 10.0. The maximum atomic E-state index is 11.7. The maximum absolute atomic E-state index is 11.7. The van der Waals surface area contributed by atoms with E-state index in [4.69, 9.17) is 14.2 Å². The molecule has 5 heteroatoms. The normalized spacial score (nSPS) is 22.2. The van der Waals surface area contributed by atoms with Crippen LogP contribution < -0.4 is 0 Å². The molecular formula is C17H22O5. The number of benzene rings is 1. The second-order valence-electron chi connectivity index (χ2n) is 5.44. The zero-order valence-electron chi connectivity index (χ0n) is 13.0. The van der Waals surface area contributed by atoms with Crippen LogP contribution in [0.25, 0.3) is 0 Å². The van der Waals surface area contributed by atoms with Crippen molar-refractivity contribution in [1.82, 2.24) is 0 Å². The number of hydrogen-bond acceptors (Lipinski definition) is 5. The zero-order chi connectivity index (χ0) is 15.9. The molecule has 3 atom stereocenters. The van der Waals surface area contributed by atoms with Gasteiger partial charge in [0.05, 0.1) is 19.3 Å². The number of rotatable bonds is 7. The standard InChI is InChI=1S/C17H22O5/c1-3-20-16(18)15-10-14(22-17(15)19)9-12(2)21-11-13-7-5-4-6-8-13/h4-8,12,14-15H,3,9-11H2,1-2H3. The highest BCUT2D eigenvalue weighted by Crippen LogP contribution is 2.26. The first-order chi connectivity index (χ1) is 10.6. The van der Waals surface area contributed by atoms with E-state index in [1.807, 2.05) is 37.3 Å². The topological polar surface area (TPSA) is 61.8 Å². The summed E-state index contributed by atoms with van der Waals surface area (Å²) in [7, 11) is 0. The summed E-state index contributed by atoms with van der Waals surface area (Å²) in [6, 6.07) is 9.89. The summed E-state index contributed by atoms with van der Waals surface area (Å²) in [5.41, 5.74) is 1.10. The molecule has 0 bridgehead atoms. The Balaban J connectivity index is 1.76. The minimum absolute atomic E-state index is 0.0565. The van der Waals surface area contributed by atoms with Crippen molar-refractivity contribution in [2.24, 2.45) is 5.92 Å². The van der Waals surface area contributed by atoms with Crippen molar-refractivity contribution in [3.8, 4) is 0 Å². The summed E-state index contributed by atoms with van der Waals surface area (Å²) in [6.45, 7) is 4.44. The Labute approximate surface area is 130 Å². The molecule has 1 heterocycles. The fraction of sp³-hybridized carbons (Fsp3) is 0.529. The lowest BCUT2D eigenvalue weighted by Crippen LogP contribution is -2.21. The highest BCUT2D eigenvalue weighted by Gasteiger charge is 2.40. The van der Waals surface area contributed by atoms with Gasteiger partial charge in [-0.05, 0) is 19.4 Å². The highest BCUT2D eigenvalue weighted by atomic mass is 16.6. The van der Waals surface area contributed by atoms with Gasteiger partial charge in [-0.3, -0.25) is 9.59 Å². The fourth-order valence-corrected chi connectivity index (χ4v) is 2.48. The van der Waals surface area contributed by atoms with Crippen molar-refractivity contribution < 1.29 is 23.8 Å². The molecule has 1 aromatic carbocycles. The van der Waals surface area contributed by atoms with E-state index in [-0.39, 0.29) is 18.8 Å². The Kier molecular flexibility index (Phi) is 5.95. The molecule has 0 aromatic heterocycles. The molecule has 22 heavy (non-hydrogen) atoms. The van der Waals surface area contributed by atoms with Gasteiger partial charge in [0.25, 0.3) is 0 Å². The summed E-state index contributed by atoms with van der Waals surface area (Å²) in [6.07, 6.45) is 0.609. The molecular weight excluding hydrogens is 284 g/mol. The van der Waals surface area contributed by atoms with E-state index in [9.17, 15) is 9.59 Å². The number of carbonyl (C=O) groups excluding carboxylic acids is 2. The Morgan fingerprint density at radius 1 is 1.36 bits per heavy atom. The third kappa shape index (κ3) is 4.56. The number of carbonyl (C=O) groups is 2. The van der Waals surface area contributed by atoms with Crippen LogP contribution in [0.2, 0.25) is 0 Å². The molecule has 5 nitrogen and oxygen atoms in total. The molecule has 1 aliphatic heterocycles. The average Bonchev–Trinajstić information content (AvgIpc) is 2.87.